The average molecular weight is 394 g/mol. The van der Waals surface area contributed by atoms with Gasteiger partial charge in [-0.3, -0.25) is 9.20 Å². The zero-order valence-corrected chi connectivity index (χ0v) is 16.2. The number of methoxy groups -OCH3 is 1. The Labute approximate surface area is 165 Å². The number of benzene rings is 1. The van der Waals surface area contributed by atoms with Crippen LogP contribution in [0.15, 0.2) is 42.9 Å². The predicted octanol–water partition coefficient (Wildman–Crippen LogP) is 3.46. The molecule has 0 saturated heterocycles. The summed E-state index contributed by atoms with van der Waals surface area (Å²) in [5.74, 6) is 0.929. The number of fused-ring (bicyclic) bond motifs is 1. The van der Waals surface area contributed by atoms with E-state index in [0.29, 0.717) is 34.2 Å². The van der Waals surface area contributed by atoms with Crippen LogP contribution in [-0.4, -0.2) is 37.0 Å². The summed E-state index contributed by atoms with van der Waals surface area (Å²) >= 11 is 1.10. The van der Waals surface area contributed by atoms with Crippen molar-refractivity contribution in [1.29, 1.82) is 0 Å². The van der Waals surface area contributed by atoms with Crippen molar-refractivity contribution >= 4 is 28.9 Å². The van der Waals surface area contributed by atoms with Crippen LogP contribution in [-0.2, 0) is 6.42 Å². The molecule has 8 nitrogen and oxygen atoms in total. The number of imidazole rings is 1. The molecule has 3 aromatic heterocycles. The highest BCUT2D eigenvalue weighted by molar-refractivity contribution is 7.08. The van der Waals surface area contributed by atoms with Crippen molar-refractivity contribution in [2.75, 3.05) is 12.4 Å². The maximum absolute atomic E-state index is 12.8. The van der Waals surface area contributed by atoms with Gasteiger partial charge in [0.15, 0.2) is 0 Å². The monoisotopic (exact) mass is 394 g/mol. The molecule has 0 unspecified atom stereocenters. The molecule has 0 saturated carbocycles. The Bertz CT molecular complexity index is 1100. The molecule has 0 atom stereocenters. The first-order valence-electron chi connectivity index (χ1n) is 8.80. The van der Waals surface area contributed by atoms with Crippen molar-refractivity contribution in [3.63, 3.8) is 0 Å². The molecule has 0 radical (unpaired) electrons. The summed E-state index contributed by atoms with van der Waals surface area (Å²) in [6, 6.07) is 7.38. The van der Waals surface area contributed by atoms with E-state index in [0.717, 1.165) is 29.2 Å². The summed E-state index contributed by atoms with van der Waals surface area (Å²) in [6.45, 7) is 2.04. The zero-order valence-electron chi connectivity index (χ0n) is 15.4. The first-order valence-corrected chi connectivity index (χ1v) is 9.57. The summed E-state index contributed by atoms with van der Waals surface area (Å²) < 4.78 is 11.2. The Morgan fingerprint density at radius 1 is 1.36 bits per heavy atom. The second-order valence-corrected chi connectivity index (χ2v) is 6.88. The fraction of sp³-hybridized carbons (Fsp3) is 0.211. The minimum atomic E-state index is -0.245. The molecule has 1 amide bonds. The molecule has 3 heterocycles. The number of hydrogen-bond acceptors (Lipinski definition) is 7. The van der Waals surface area contributed by atoms with E-state index in [9.17, 15) is 4.79 Å². The number of aromatic nitrogens is 5. The quantitative estimate of drug-likeness (QED) is 0.538. The fourth-order valence-electron chi connectivity index (χ4n) is 2.89. The number of carbonyl (C=O) groups is 1. The number of ether oxygens (including phenoxy) is 1. The molecule has 0 aliphatic heterocycles. The minimum absolute atomic E-state index is 0.245. The summed E-state index contributed by atoms with van der Waals surface area (Å²) in [5, 5.41) is 6.98. The van der Waals surface area contributed by atoms with Crippen molar-refractivity contribution in [1.82, 2.24) is 24.0 Å². The van der Waals surface area contributed by atoms with Crippen molar-refractivity contribution in [2.24, 2.45) is 0 Å². The van der Waals surface area contributed by atoms with Crippen molar-refractivity contribution in [3.05, 3.63) is 53.4 Å². The van der Waals surface area contributed by atoms with Crippen molar-refractivity contribution in [2.45, 2.75) is 19.8 Å². The lowest BCUT2D eigenvalue weighted by Crippen LogP contribution is -2.13. The number of amides is 1. The van der Waals surface area contributed by atoms with Gasteiger partial charge in [-0.15, -0.1) is 5.10 Å². The topological polar surface area (TPSA) is 94.3 Å². The number of hydrogen-bond donors (Lipinski definition) is 1. The summed E-state index contributed by atoms with van der Waals surface area (Å²) in [4.78, 5) is 22.0. The summed E-state index contributed by atoms with van der Waals surface area (Å²) in [6.07, 6.45) is 7.08. The first kappa shape index (κ1) is 18.1. The molecule has 0 bridgehead atoms. The van der Waals surface area contributed by atoms with Crippen LogP contribution in [0.25, 0.3) is 17.0 Å². The lowest BCUT2D eigenvalue weighted by molar-refractivity contribution is 0.102. The van der Waals surface area contributed by atoms with Gasteiger partial charge in [-0.1, -0.05) is 17.8 Å². The molecule has 28 heavy (non-hydrogen) atoms. The van der Waals surface area contributed by atoms with Crippen LogP contribution in [0.4, 0.5) is 5.69 Å². The summed E-state index contributed by atoms with van der Waals surface area (Å²) in [5.41, 5.74) is 2.87. The van der Waals surface area contributed by atoms with E-state index in [4.69, 9.17) is 4.74 Å². The molecule has 1 aromatic carbocycles. The minimum Gasteiger partial charge on any atom is -0.495 e. The molecule has 4 rings (SSSR count). The maximum Gasteiger partial charge on any atom is 0.269 e. The number of aryl methyl sites for hydroxylation is 1. The predicted molar refractivity (Wildman–Crippen MR) is 107 cm³/mol. The number of rotatable bonds is 6. The third-order valence-electron chi connectivity index (χ3n) is 4.23. The molecular formula is C19H18N6O2S. The molecule has 0 spiro atoms. The zero-order chi connectivity index (χ0) is 19.5. The van der Waals surface area contributed by atoms with Gasteiger partial charge in [0, 0.05) is 24.2 Å². The molecule has 1 N–H and O–H groups in total. The number of nitrogens with one attached hydrogen (secondary N) is 1. The second kappa shape index (κ2) is 7.73. The highest BCUT2D eigenvalue weighted by Crippen LogP contribution is 2.31. The van der Waals surface area contributed by atoms with Gasteiger partial charge in [-0.2, -0.15) is 0 Å². The molecule has 0 aliphatic rings. The Morgan fingerprint density at radius 3 is 3.04 bits per heavy atom. The fourth-order valence-corrected chi connectivity index (χ4v) is 3.50. The molecule has 0 fully saturated rings. The van der Waals surface area contributed by atoms with Gasteiger partial charge >= 0.3 is 0 Å². The van der Waals surface area contributed by atoms with Gasteiger partial charge in [0.25, 0.3) is 5.91 Å². The van der Waals surface area contributed by atoms with E-state index >= 15 is 0 Å². The molecular weight excluding hydrogens is 376 g/mol. The highest BCUT2D eigenvalue weighted by Gasteiger charge is 2.18. The number of carbonyl (C=O) groups excluding carboxylic acids is 1. The third-order valence-corrected chi connectivity index (χ3v) is 4.99. The van der Waals surface area contributed by atoms with E-state index in [1.807, 2.05) is 41.9 Å². The van der Waals surface area contributed by atoms with Gasteiger partial charge in [-0.05, 0) is 42.2 Å². The molecule has 0 aliphatic carbocycles. The lowest BCUT2D eigenvalue weighted by atomic mass is 10.1. The molecule has 9 heteroatoms. The van der Waals surface area contributed by atoms with Crippen LogP contribution >= 0.6 is 11.5 Å². The standard InChI is InChI=1S/C19H18N6O2S/c1-3-5-13-17(28-24-23-13)18(26)21-14-10-12(6-7-16(14)27-2)15-11-25-9-4-8-20-19(25)22-15/h4,6-11H,3,5H2,1-2H3,(H,21,26). The van der Waals surface area contributed by atoms with E-state index in [1.54, 1.807) is 19.4 Å². The van der Waals surface area contributed by atoms with E-state index < -0.39 is 0 Å². The van der Waals surface area contributed by atoms with Crippen LogP contribution < -0.4 is 10.1 Å². The SMILES string of the molecule is CCCc1nnsc1C(=O)Nc1cc(-c2cn3cccnc3n2)ccc1OC. The Balaban J connectivity index is 1.67. The number of anilines is 1. The largest absolute Gasteiger partial charge is 0.495 e. The van der Waals surface area contributed by atoms with Gasteiger partial charge in [0.05, 0.1) is 24.2 Å². The summed E-state index contributed by atoms with van der Waals surface area (Å²) in [7, 11) is 1.57. The highest BCUT2D eigenvalue weighted by atomic mass is 32.1. The van der Waals surface area contributed by atoms with Crippen molar-refractivity contribution in [3.8, 4) is 17.0 Å². The van der Waals surface area contributed by atoms with E-state index in [2.05, 4.69) is 24.9 Å². The van der Waals surface area contributed by atoms with Gasteiger partial charge in [-0.25, -0.2) is 9.97 Å². The average Bonchev–Trinajstić information content (AvgIpc) is 3.35. The second-order valence-electron chi connectivity index (χ2n) is 6.12. The van der Waals surface area contributed by atoms with Gasteiger partial charge < -0.3 is 10.1 Å². The van der Waals surface area contributed by atoms with Crippen LogP contribution in [0.5, 0.6) is 5.75 Å². The lowest BCUT2D eigenvalue weighted by Gasteiger charge is -2.11. The molecule has 4 aromatic rings. The van der Waals surface area contributed by atoms with Gasteiger partial charge in [0.1, 0.15) is 10.6 Å². The Hall–Kier alpha value is -3.33. The van der Waals surface area contributed by atoms with Crippen LogP contribution in [0, 0.1) is 0 Å². The Morgan fingerprint density at radius 2 is 2.25 bits per heavy atom. The van der Waals surface area contributed by atoms with Crippen LogP contribution in [0.1, 0.15) is 28.7 Å². The third kappa shape index (κ3) is 3.44. The van der Waals surface area contributed by atoms with E-state index in [-0.39, 0.29) is 5.91 Å². The Kier molecular flexibility index (Phi) is 4.98. The van der Waals surface area contributed by atoms with Crippen molar-refractivity contribution < 1.29 is 9.53 Å². The molecule has 142 valence electrons. The van der Waals surface area contributed by atoms with Gasteiger partial charge in [0.2, 0.25) is 5.78 Å². The normalized spacial score (nSPS) is 10.9. The smallest absolute Gasteiger partial charge is 0.269 e. The maximum atomic E-state index is 12.8. The van der Waals surface area contributed by atoms with Crippen LogP contribution in [0.2, 0.25) is 0 Å². The van der Waals surface area contributed by atoms with E-state index in [1.165, 1.54) is 0 Å². The first-order chi connectivity index (χ1) is 13.7. The number of nitrogens with zero attached hydrogens (tertiary/aromatic N) is 5. The van der Waals surface area contributed by atoms with Crippen LogP contribution in [0.3, 0.4) is 0 Å².